The Hall–Kier alpha value is -4.66. The molecule has 7 rings (SSSR count). The van der Waals surface area contributed by atoms with Crippen molar-refractivity contribution >= 4 is 48.6 Å². The van der Waals surface area contributed by atoms with Gasteiger partial charge in [0.2, 0.25) is 0 Å². The van der Waals surface area contributed by atoms with E-state index in [0.29, 0.717) is 0 Å². The number of rotatable bonds is 5. The molecule has 0 aliphatic carbocycles. The van der Waals surface area contributed by atoms with Gasteiger partial charge >= 0.3 is 0 Å². The van der Waals surface area contributed by atoms with Gasteiger partial charge in [0.15, 0.2) is 0 Å². The average Bonchev–Trinajstić information content (AvgIpc) is 3.40. The van der Waals surface area contributed by atoms with Crippen LogP contribution in [-0.4, -0.2) is 0 Å². The van der Waals surface area contributed by atoms with Gasteiger partial charge in [0.25, 0.3) is 0 Å². The molecule has 1 heterocycles. The lowest BCUT2D eigenvalue weighted by molar-refractivity contribution is 1.26. The summed E-state index contributed by atoms with van der Waals surface area (Å²) in [6, 6.07) is 52.3. The van der Waals surface area contributed by atoms with Gasteiger partial charge in [-0.05, 0) is 71.1 Å². The number of hydrogen-bond donors (Lipinski definition) is 0. The minimum Gasteiger partial charge on any atom is -0.310 e. The van der Waals surface area contributed by atoms with E-state index < -0.39 is 0 Å². The first-order chi connectivity index (χ1) is 19.3. The predicted molar refractivity (Wildman–Crippen MR) is 170 cm³/mol. The monoisotopic (exact) mass is 517 g/mol. The predicted octanol–water partition coefficient (Wildman–Crippen LogP) is 11.2. The van der Waals surface area contributed by atoms with E-state index in [4.69, 9.17) is 0 Å². The molecule has 39 heavy (non-hydrogen) atoms. The third kappa shape index (κ3) is 4.29. The van der Waals surface area contributed by atoms with Crippen molar-refractivity contribution in [2.24, 2.45) is 0 Å². The van der Waals surface area contributed by atoms with Gasteiger partial charge in [0.05, 0.1) is 5.69 Å². The van der Waals surface area contributed by atoms with Crippen LogP contribution in [0.15, 0.2) is 146 Å². The van der Waals surface area contributed by atoms with Crippen LogP contribution in [0.5, 0.6) is 0 Å². The van der Waals surface area contributed by atoms with Crippen molar-refractivity contribution in [3.05, 3.63) is 151 Å². The second-order valence-corrected chi connectivity index (χ2v) is 10.9. The van der Waals surface area contributed by atoms with Gasteiger partial charge in [0, 0.05) is 31.5 Å². The molecule has 0 aliphatic rings. The van der Waals surface area contributed by atoms with Crippen LogP contribution in [0, 0.1) is 6.92 Å². The highest BCUT2D eigenvalue weighted by Crippen LogP contribution is 2.44. The zero-order valence-corrected chi connectivity index (χ0v) is 22.5. The molecule has 0 spiro atoms. The van der Waals surface area contributed by atoms with Crippen molar-refractivity contribution in [3.8, 4) is 22.3 Å². The highest BCUT2D eigenvalue weighted by Gasteiger charge is 2.18. The van der Waals surface area contributed by atoms with E-state index >= 15 is 0 Å². The molecule has 0 amide bonds. The van der Waals surface area contributed by atoms with Crippen molar-refractivity contribution in [1.82, 2.24) is 0 Å². The molecule has 1 aromatic heterocycles. The highest BCUT2D eigenvalue weighted by atomic mass is 32.1. The largest absolute Gasteiger partial charge is 0.310 e. The Morgan fingerprint density at radius 1 is 0.436 bits per heavy atom. The van der Waals surface area contributed by atoms with Crippen LogP contribution in [0.1, 0.15) is 5.56 Å². The van der Waals surface area contributed by atoms with Gasteiger partial charge in [-0.2, -0.15) is 0 Å². The van der Waals surface area contributed by atoms with E-state index in [-0.39, 0.29) is 0 Å². The quantitative estimate of drug-likeness (QED) is 0.219. The number of nitrogens with zero attached hydrogens (tertiary/aromatic N) is 1. The summed E-state index contributed by atoms with van der Waals surface area (Å²) in [4.78, 5) is 2.39. The smallest absolute Gasteiger partial charge is 0.0505 e. The van der Waals surface area contributed by atoms with Crippen LogP contribution in [0.25, 0.3) is 42.4 Å². The average molecular weight is 518 g/mol. The van der Waals surface area contributed by atoms with Crippen LogP contribution >= 0.6 is 11.3 Å². The molecule has 0 fully saturated rings. The van der Waals surface area contributed by atoms with Gasteiger partial charge < -0.3 is 4.90 Å². The molecule has 0 saturated heterocycles. The van der Waals surface area contributed by atoms with Crippen molar-refractivity contribution in [1.29, 1.82) is 0 Å². The molecular weight excluding hydrogens is 490 g/mol. The molecule has 1 nitrogen and oxygen atoms in total. The van der Waals surface area contributed by atoms with Gasteiger partial charge in [-0.1, -0.05) is 109 Å². The molecule has 0 aliphatic heterocycles. The second-order valence-electron chi connectivity index (χ2n) is 9.85. The van der Waals surface area contributed by atoms with E-state index in [1.165, 1.54) is 53.7 Å². The van der Waals surface area contributed by atoms with Crippen molar-refractivity contribution in [2.45, 2.75) is 6.92 Å². The number of hydrogen-bond acceptors (Lipinski definition) is 2. The highest BCUT2D eigenvalue weighted by molar-refractivity contribution is 7.26. The minimum atomic E-state index is 1.14. The Labute approximate surface area is 233 Å². The molecule has 0 N–H and O–H groups in total. The van der Waals surface area contributed by atoms with E-state index in [0.717, 1.165) is 11.4 Å². The van der Waals surface area contributed by atoms with E-state index in [1.807, 2.05) is 11.3 Å². The van der Waals surface area contributed by atoms with Gasteiger partial charge in [0.1, 0.15) is 0 Å². The Bertz CT molecular complexity index is 1800. The van der Waals surface area contributed by atoms with E-state index in [2.05, 4.69) is 157 Å². The summed E-state index contributed by atoms with van der Waals surface area (Å²) < 4.78 is 2.68. The van der Waals surface area contributed by atoms with Crippen molar-refractivity contribution in [3.63, 3.8) is 0 Å². The molecule has 0 bridgehead atoms. The summed E-state index contributed by atoms with van der Waals surface area (Å²) in [7, 11) is 0. The summed E-state index contributed by atoms with van der Waals surface area (Å²) in [6.45, 7) is 2.26. The first kappa shape index (κ1) is 23.5. The molecule has 6 aromatic carbocycles. The third-order valence-corrected chi connectivity index (χ3v) is 8.78. The Morgan fingerprint density at radius 3 is 1.49 bits per heavy atom. The number of fused-ring (bicyclic) bond motifs is 3. The van der Waals surface area contributed by atoms with E-state index in [9.17, 15) is 0 Å². The lowest BCUT2D eigenvalue weighted by Gasteiger charge is -2.27. The molecule has 186 valence electrons. The molecule has 2 heteroatoms. The summed E-state index contributed by atoms with van der Waals surface area (Å²) in [5, 5.41) is 2.66. The summed E-state index contributed by atoms with van der Waals surface area (Å²) in [5.41, 5.74) is 9.68. The molecule has 7 aromatic rings. The van der Waals surface area contributed by atoms with Crippen LogP contribution in [-0.2, 0) is 0 Å². The third-order valence-electron chi connectivity index (χ3n) is 7.47. The second kappa shape index (κ2) is 9.90. The molecule has 0 radical (unpaired) electrons. The van der Waals surface area contributed by atoms with Crippen molar-refractivity contribution < 1.29 is 0 Å². The minimum absolute atomic E-state index is 1.14. The topological polar surface area (TPSA) is 3.24 Å². The summed E-state index contributed by atoms with van der Waals surface area (Å²) >= 11 is 1.88. The zero-order valence-electron chi connectivity index (χ0n) is 21.7. The summed E-state index contributed by atoms with van der Waals surface area (Å²) in [6.07, 6.45) is 0. The summed E-state index contributed by atoms with van der Waals surface area (Å²) in [5.74, 6) is 0. The number of aryl methyl sites for hydroxylation is 1. The lowest BCUT2D eigenvalue weighted by atomic mass is 10.0. The fourth-order valence-electron chi connectivity index (χ4n) is 5.45. The maximum Gasteiger partial charge on any atom is 0.0505 e. The Morgan fingerprint density at radius 2 is 0.923 bits per heavy atom. The molecular formula is C37H27NS. The normalized spacial score (nSPS) is 11.2. The van der Waals surface area contributed by atoms with E-state index in [1.54, 1.807) is 0 Å². The maximum atomic E-state index is 2.39. The fraction of sp³-hybridized carbons (Fsp3) is 0.0270. The Balaban J connectivity index is 1.37. The van der Waals surface area contributed by atoms with Crippen LogP contribution < -0.4 is 4.90 Å². The van der Waals surface area contributed by atoms with Gasteiger partial charge in [-0.25, -0.2) is 0 Å². The standard InChI is InChI=1S/C37H27NS/c1-26-35(25-24-34-33-14-8-9-15-36(33)39-37(26)34)38(31-20-16-29(17-21-31)27-10-4-2-5-11-27)32-22-18-30(19-23-32)28-12-6-3-7-13-28/h2-25H,1H3. The number of benzene rings is 6. The van der Waals surface area contributed by atoms with Gasteiger partial charge in [-0.3, -0.25) is 0 Å². The molecule has 0 atom stereocenters. The SMILES string of the molecule is Cc1c(N(c2ccc(-c3ccccc3)cc2)c2ccc(-c3ccccc3)cc2)ccc2c1sc1ccccc12. The number of thiophene rings is 1. The zero-order chi connectivity index (χ0) is 26.2. The fourth-order valence-corrected chi connectivity index (χ4v) is 6.65. The maximum absolute atomic E-state index is 2.39. The first-order valence-electron chi connectivity index (χ1n) is 13.3. The van der Waals surface area contributed by atoms with Crippen molar-refractivity contribution in [2.75, 3.05) is 4.90 Å². The van der Waals surface area contributed by atoms with Crippen LogP contribution in [0.3, 0.4) is 0 Å². The van der Waals surface area contributed by atoms with Crippen LogP contribution in [0.4, 0.5) is 17.1 Å². The van der Waals surface area contributed by atoms with Gasteiger partial charge in [-0.15, -0.1) is 11.3 Å². The lowest BCUT2D eigenvalue weighted by Crippen LogP contribution is -2.11. The first-order valence-corrected chi connectivity index (χ1v) is 14.1. The Kier molecular flexibility index (Phi) is 5.96. The molecule has 0 saturated carbocycles. The molecule has 0 unspecified atom stereocenters. The van der Waals surface area contributed by atoms with Crippen LogP contribution in [0.2, 0.25) is 0 Å². The number of anilines is 3.